The second kappa shape index (κ2) is 9.71. The van der Waals surface area contributed by atoms with Crippen molar-refractivity contribution in [1.29, 1.82) is 0 Å². The van der Waals surface area contributed by atoms with Gasteiger partial charge in [-0.25, -0.2) is 9.78 Å². The largest absolute Gasteiger partial charge is 0.465 e. The van der Waals surface area contributed by atoms with Gasteiger partial charge in [0.1, 0.15) is 17.9 Å². The van der Waals surface area contributed by atoms with Crippen LogP contribution in [0.5, 0.6) is 0 Å². The van der Waals surface area contributed by atoms with Crippen molar-refractivity contribution in [2.24, 2.45) is 5.92 Å². The quantitative estimate of drug-likeness (QED) is 0.373. The molecule has 0 bridgehead atoms. The normalized spacial score (nSPS) is 22.0. The number of hydrogen-bond donors (Lipinski definition) is 1. The molecule has 7 nitrogen and oxygen atoms in total. The zero-order valence-corrected chi connectivity index (χ0v) is 20.7. The molecule has 0 aromatic carbocycles. The lowest BCUT2D eigenvalue weighted by molar-refractivity contribution is 0.0600. The molecule has 2 heterocycles. The first kappa shape index (κ1) is 23.8. The molecule has 31 heavy (non-hydrogen) atoms. The molecule has 0 spiro atoms. The summed E-state index contributed by atoms with van der Waals surface area (Å²) in [5.74, 6) is -0.0756. The molecular weight excluding hydrogens is 410 g/mol. The Morgan fingerprint density at radius 2 is 2.10 bits per heavy atom. The van der Waals surface area contributed by atoms with Gasteiger partial charge < -0.3 is 24.0 Å². The van der Waals surface area contributed by atoms with Gasteiger partial charge in [0.25, 0.3) is 0 Å². The molecule has 0 saturated heterocycles. The van der Waals surface area contributed by atoms with E-state index in [1.165, 1.54) is 7.11 Å². The maximum atomic E-state index is 12.6. The number of ether oxygens (including phenoxy) is 2. The van der Waals surface area contributed by atoms with Gasteiger partial charge >= 0.3 is 5.97 Å². The average Bonchev–Trinajstić information content (AvgIpc) is 3.11. The highest BCUT2D eigenvalue weighted by Crippen LogP contribution is 2.36. The zero-order valence-electron chi connectivity index (χ0n) is 19.7. The fourth-order valence-electron chi connectivity index (χ4n) is 4.50. The minimum atomic E-state index is -1.14. The van der Waals surface area contributed by atoms with E-state index in [1.54, 1.807) is 6.20 Å². The van der Waals surface area contributed by atoms with Gasteiger partial charge in [0.05, 0.1) is 18.9 Å². The molecule has 8 heteroatoms. The Morgan fingerprint density at radius 3 is 2.74 bits per heavy atom. The van der Waals surface area contributed by atoms with Crippen molar-refractivity contribution in [1.82, 2.24) is 9.55 Å². The van der Waals surface area contributed by atoms with E-state index in [4.69, 9.17) is 9.47 Å². The summed E-state index contributed by atoms with van der Waals surface area (Å²) in [6.45, 7) is 10.4. The van der Waals surface area contributed by atoms with Crippen LogP contribution in [0.1, 0.15) is 36.5 Å². The minimum absolute atomic E-state index is 0.230. The summed E-state index contributed by atoms with van der Waals surface area (Å²) in [5, 5.41) is 11.0. The number of pyridine rings is 1. The number of nitrogens with zero attached hydrogens (tertiary/aromatic N) is 3. The van der Waals surface area contributed by atoms with Gasteiger partial charge in [0.2, 0.25) is 0 Å². The fourth-order valence-corrected chi connectivity index (χ4v) is 5.26. The van der Waals surface area contributed by atoms with Gasteiger partial charge in [-0.15, -0.1) is 0 Å². The van der Waals surface area contributed by atoms with Crippen LogP contribution in [0.2, 0.25) is 25.7 Å². The van der Waals surface area contributed by atoms with E-state index in [0.29, 0.717) is 18.2 Å². The summed E-state index contributed by atoms with van der Waals surface area (Å²) in [5.41, 5.74) is 2.10. The molecule has 0 aliphatic heterocycles. The number of aliphatic hydroxyl groups excluding tert-OH is 1. The molecule has 2 aromatic heterocycles. The molecule has 1 saturated carbocycles. The lowest BCUT2D eigenvalue weighted by Crippen LogP contribution is -2.42. The number of carbonyl (C=O) groups is 1. The molecule has 3 atom stereocenters. The number of esters is 1. The Balaban J connectivity index is 1.92. The van der Waals surface area contributed by atoms with Crippen molar-refractivity contribution >= 4 is 30.8 Å². The molecule has 0 radical (unpaired) electrons. The van der Waals surface area contributed by atoms with Crippen LogP contribution in [0.4, 0.5) is 5.69 Å². The Bertz CT molecular complexity index is 908. The third-order valence-corrected chi connectivity index (χ3v) is 8.04. The highest BCUT2D eigenvalue weighted by atomic mass is 28.3. The van der Waals surface area contributed by atoms with Gasteiger partial charge in [-0.3, -0.25) is 0 Å². The van der Waals surface area contributed by atoms with Crippen molar-refractivity contribution in [3.8, 4) is 0 Å². The molecular formula is C23H37N3O4Si. The van der Waals surface area contributed by atoms with Crippen LogP contribution >= 0.6 is 0 Å². The van der Waals surface area contributed by atoms with Crippen LogP contribution < -0.4 is 4.90 Å². The molecule has 3 unspecified atom stereocenters. The second-order valence-corrected chi connectivity index (χ2v) is 15.6. The molecule has 1 fully saturated rings. The predicted molar refractivity (Wildman–Crippen MR) is 126 cm³/mol. The summed E-state index contributed by atoms with van der Waals surface area (Å²) >= 11 is 0. The smallest absolute Gasteiger partial charge is 0.341 e. The predicted octanol–water partition coefficient (Wildman–Crippen LogP) is 4.12. The number of carbonyl (C=O) groups excluding carboxylic acids is 1. The summed E-state index contributed by atoms with van der Waals surface area (Å²) in [7, 11) is 2.29. The first-order chi connectivity index (χ1) is 14.6. The number of aliphatic hydroxyl groups is 1. The molecule has 3 rings (SSSR count). The standard InChI is InChI=1S/C23H37N3O4Si/c1-16-13-17(27)7-8-20(16)25(2)21-18-9-10-26(15-30-11-12-31(4,5)6)22(18)24-14-19(21)23(28)29-3/h9-10,14,16-17,20,27H,7-8,11-13,15H2,1-6H3. The highest BCUT2D eigenvalue weighted by molar-refractivity contribution is 6.76. The van der Waals surface area contributed by atoms with Gasteiger partial charge in [-0.2, -0.15) is 0 Å². The Kier molecular flexibility index (Phi) is 7.44. The van der Waals surface area contributed by atoms with Crippen molar-refractivity contribution in [3.05, 3.63) is 24.0 Å². The average molecular weight is 448 g/mol. The fraction of sp³-hybridized carbons (Fsp3) is 0.652. The van der Waals surface area contributed by atoms with Crippen molar-refractivity contribution in [2.45, 2.75) is 70.7 Å². The Hall–Kier alpha value is -1.90. The van der Waals surface area contributed by atoms with E-state index >= 15 is 0 Å². The Labute approximate surface area is 186 Å². The topological polar surface area (TPSA) is 76.8 Å². The molecule has 1 aliphatic carbocycles. The third-order valence-electron chi connectivity index (χ3n) is 6.34. The number of fused-ring (bicyclic) bond motifs is 1. The van der Waals surface area contributed by atoms with E-state index < -0.39 is 8.07 Å². The SMILES string of the molecule is COC(=O)c1cnc2c(ccn2COCC[Si](C)(C)C)c1N(C)C1CCC(O)CC1C. The number of aromatic nitrogens is 2. The van der Waals surface area contributed by atoms with Crippen LogP contribution in [-0.4, -0.2) is 61.6 Å². The molecule has 0 amide bonds. The van der Waals surface area contributed by atoms with Crippen molar-refractivity contribution in [2.75, 3.05) is 25.7 Å². The third kappa shape index (κ3) is 5.48. The van der Waals surface area contributed by atoms with E-state index in [2.05, 4.69) is 36.4 Å². The van der Waals surface area contributed by atoms with Gasteiger partial charge in [-0.05, 0) is 37.3 Å². The van der Waals surface area contributed by atoms with Gasteiger partial charge in [-0.1, -0.05) is 26.6 Å². The summed E-state index contributed by atoms with van der Waals surface area (Å²) < 4.78 is 13.0. The van der Waals surface area contributed by atoms with Gasteiger partial charge in [0.15, 0.2) is 0 Å². The van der Waals surface area contributed by atoms with Crippen molar-refractivity contribution in [3.63, 3.8) is 0 Å². The van der Waals surface area contributed by atoms with Crippen LogP contribution in [0.25, 0.3) is 11.0 Å². The Morgan fingerprint density at radius 1 is 1.35 bits per heavy atom. The number of rotatable bonds is 8. The second-order valence-electron chi connectivity index (χ2n) is 10.0. The van der Waals surface area contributed by atoms with Crippen LogP contribution in [-0.2, 0) is 16.2 Å². The molecule has 1 N–H and O–H groups in total. The lowest BCUT2D eigenvalue weighted by Gasteiger charge is -2.40. The van der Waals surface area contributed by atoms with E-state index in [0.717, 1.165) is 48.6 Å². The highest BCUT2D eigenvalue weighted by Gasteiger charge is 2.32. The number of methoxy groups -OCH3 is 1. The first-order valence-electron chi connectivity index (χ1n) is 11.2. The first-order valence-corrected chi connectivity index (χ1v) is 14.9. The van der Waals surface area contributed by atoms with Crippen LogP contribution in [0.15, 0.2) is 18.5 Å². The van der Waals surface area contributed by atoms with E-state index in [1.807, 2.05) is 23.9 Å². The number of hydrogen-bond acceptors (Lipinski definition) is 6. The molecule has 1 aliphatic rings. The van der Waals surface area contributed by atoms with Crippen molar-refractivity contribution < 1.29 is 19.4 Å². The summed E-state index contributed by atoms with van der Waals surface area (Å²) in [6.07, 6.45) is 5.76. The lowest BCUT2D eigenvalue weighted by atomic mass is 9.83. The van der Waals surface area contributed by atoms with Gasteiger partial charge in [0, 0.05) is 45.6 Å². The number of anilines is 1. The van der Waals surface area contributed by atoms with Crippen LogP contribution in [0, 0.1) is 5.92 Å². The maximum Gasteiger partial charge on any atom is 0.341 e. The molecule has 2 aromatic rings. The van der Waals surface area contributed by atoms with Crippen LogP contribution in [0.3, 0.4) is 0 Å². The monoisotopic (exact) mass is 447 g/mol. The maximum absolute atomic E-state index is 12.6. The minimum Gasteiger partial charge on any atom is -0.465 e. The van der Waals surface area contributed by atoms with E-state index in [-0.39, 0.29) is 18.1 Å². The summed E-state index contributed by atoms with van der Waals surface area (Å²) in [4.78, 5) is 19.3. The molecule has 172 valence electrons. The van der Waals surface area contributed by atoms with E-state index in [9.17, 15) is 9.90 Å². The summed E-state index contributed by atoms with van der Waals surface area (Å²) in [6, 6.07) is 3.35. The zero-order chi connectivity index (χ0) is 22.8.